The normalized spacial score (nSPS) is 19.4. The molecule has 20 heavy (non-hydrogen) atoms. The van der Waals surface area contributed by atoms with Gasteiger partial charge in [-0.2, -0.15) is 5.26 Å². The fourth-order valence-electron chi connectivity index (χ4n) is 1.80. The third-order valence-electron chi connectivity index (χ3n) is 2.81. The summed E-state index contributed by atoms with van der Waals surface area (Å²) >= 11 is 0. The van der Waals surface area contributed by atoms with Crippen molar-refractivity contribution in [3.05, 3.63) is 23.8 Å². The monoisotopic (exact) mass is 297 g/mol. The van der Waals surface area contributed by atoms with Crippen molar-refractivity contribution >= 4 is 15.7 Å². The van der Waals surface area contributed by atoms with Crippen molar-refractivity contribution in [1.82, 2.24) is 4.72 Å². The largest absolute Gasteiger partial charge is 0.398 e. The second-order valence-corrected chi connectivity index (χ2v) is 6.02. The lowest BCUT2D eigenvalue weighted by atomic mass is 10.2. The first-order chi connectivity index (χ1) is 9.53. The number of hydrogen-bond donors (Lipinski definition) is 2. The quantitative estimate of drug-likeness (QED) is 0.746. The number of rotatable bonds is 4. The molecule has 1 atom stereocenters. The molecule has 0 aromatic heterocycles. The predicted molar refractivity (Wildman–Crippen MR) is 71.3 cm³/mol. The van der Waals surface area contributed by atoms with Gasteiger partial charge in [-0.15, -0.1) is 0 Å². The number of ether oxygens (including phenoxy) is 2. The molecule has 0 bridgehead atoms. The minimum atomic E-state index is -3.74. The van der Waals surface area contributed by atoms with Crippen LogP contribution in [0.5, 0.6) is 0 Å². The van der Waals surface area contributed by atoms with Crippen LogP contribution in [0.2, 0.25) is 0 Å². The van der Waals surface area contributed by atoms with E-state index in [1.807, 2.05) is 6.07 Å². The van der Waals surface area contributed by atoms with Gasteiger partial charge >= 0.3 is 0 Å². The summed E-state index contributed by atoms with van der Waals surface area (Å²) in [5.74, 6) is 0. The van der Waals surface area contributed by atoms with E-state index in [-0.39, 0.29) is 23.2 Å². The molecule has 1 saturated heterocycles. The van der Waals surface area contributed by atoms with Crippen molar-refractivity contribution in [3.8, 4) is 6.07 Å². The first kappa shape index (κ1) is 14.7. The molecule has 0 amide bonds. The van der Waals surface area contributed by atoms with E-state index in [1.54, 1.807) is 0 Å². The van der Waals surface area contributed by atoms with E-state index in [9.17, 15) is 8.42 Å². The number of benzene rings is 1. The van der Waals surface area contributed by atoms with Gasteiger partial charge in [-0.25, -0.2) is 13.1 Å². The van der Waals surface area contributed by atoms with Gasteiger partial charge in [0.05, 0.1) is 43.2 Å². The minimum Gasteiger partial charge on any atom is -0.398 e. The fraction of sp³-hybridized carbons (Fsp3) is 0.417. The maximum absolute atomic E-state index is 12.1. The van der Waals surface area contributed by atoms with Gasteiger partial charge in [0.2, 0.25) is 10.0 Å². The summed E-state index contributed by atoms with van der Waals surface area (Å²) in [7, 11) is -3.74. The van der Waals surface area contributed by atoms with Gasteiger partial charge in [-0.05, 0) is 18.2 Å². The van der Waals surface area contributed by atoms with Crippen molar-refractivity contribution in [2.45, 2.75) is 11.0 Å². The van der Waals surface area contributed by atoms with Crippen LogP contribution in [0.25, 0.3) is 0 Å². The number of nitrogen functional groups attached to an aromatic ring is 1. The van der Waals surface area contributed by atoms with E-state index in [1.165, 1.54) is 18.2 Å². The van der Waals surface area contributed by atoms with Crippen molar-refractivity contribution in [3.63, 3.8) is 0 Å². The maximum atomic E-state index is 12.1. The summed E-state index contributed by atoms with van der Waals surface area (Å²) in [6.45, 7) is 1.43. The summed E-state index contributed by atoms with van der Waals surface area (Å²) in [6, 6.07) is 5.95. The lowest BCUT2D eigenvalue weighted by Crippen LogP contribution is -2.39. The second kappa shape index (κ2) is 6.19. The topological polar surface area (TPSA) is 114 Å². The molecule has 0 spiro atoms. The van der Waals surface area contributed by atoms with Crippen LogP contribution >= 0.6 is 0 Å². The molecule has 1 fully saturated rings. The Morgan fingerprint density at radius 3 is 2.85 bits per heavy atom. The van der Waals surface area contributed by atoms with Crippen LogP contribution in [-0.4, -0.2) is 40.9 Å². The van der Waals surface area contributed by atoms with Crippen LogP contribution in [0.3, 0.4) is 0 Å². The minimum absolute atomic E-state index is 0.0392. The van der Waals surface area contributed by atoms with Crippen molar-refractivity contribution < 1.29 is 17.9 Å². The maximum Gasteiger partial charge on any atom is 0.242 e. The van der Waals surface area contributed by atoms with E-state index in [0.717, 1.165) is 0 Å². The van der Waals surface area contributed by atoms with E-state index in [2.05, 4.69) is 4.72 Å². The third kappa shape index (κ3) is 3.46. The number of nitrogens with zero attached hydrogens (tertiary/aromatic N) is 1. The number of hydrogen-bond acceptors (Lipinski definition) is 6. The third-order valence-corrected chi connectivity index (χ3v) is 4.31. The van der Waals surface area contributed by atoms with Gasteiger partial charge in [-0.3, -0.25) is 0 Å². The zero-order valence-corrected chi connectivity index (χ0v) is 11.5. The van der Waals surface area contributed by atoms with Gasteiger partial charge < -0.3 is 15.2 Å². The lowest BCUT2D eigenvalue weighted by Gasteiger charge is -2.23. The first-order valence-electron chi connectivity index (χ1n) is 6.01. The van der Waals surface area contributed by atoms with E-state index in [4.69, 9.17) is 20.5 Å². The van der Waals surface area contributed by atoms with Crippen LogP contribution in [0, 0.1) is 11.3 Å². The van der Waals surface area contributed by atoms with Crippen LogP contribution in [0.1, 0.15) is 5.56 Å². The molecule has 2 rings (SSSR count). The van der Waals surface area contributed by atoms with Gasteiger partial charge in [0.25, 0.3) is 0 Å². The molecule has 1 unspecified atom stereocenters. The van der Waals surface area contributed by atoms with Crippen molar-refractivity contribution in [1.29, 1.82) is 5.26 Å². The Kier molecular flexibility index (Phi) is 4.57. The van der Waals surface area contributed by atoms with E-state index >= 15 is 0 Å². The Morgan fingerprint density at radius 1 is 1.45 bits per heavy atom. The highest BCUT2D eigenvalue weighted by Crippen LogP contribution is 2.19. The van der Waals surface area contributed by atoms with E-state index in [0.29, 0.717) is 25.4 Å². The molecule has 7 nitrogen and oxygen atoms in total. The lowest BCUT2D eigenvalue weighted by molar-refractivity contribution is -0.0846. The molecule has 1 aliphatic heterocycles. The van der Waals surface area contributed by atoms with Crippen molar-refractivity contribution in [2.75, 3.05) is 32.1 Å². The van der Waals surface area contributed by atoms with Crippen LogP contribution < -0.4 is 10.5 Å². The number of nitriles is 1. The Balaban J connectivity index is 2.08. The smallest absolute Gasteiger partial charge is 0.242 e. The summed E-state index contributed by atoms with van der Waals surface area (Å²) in [5, 5.41) is 8.73. The van der Waals surface area contributed by atoms with Crippen LogP contribution in [0.15, 0.2) is 23.1 Å². The van der Waals surface area contributed by atoms with Crippen LogP contribution in [-0.2, 0) is 19.5 Å². The van der Waals surface area contributed by atoms with E-state index < -0.39 is 10.0 Å². The highest BCUT2D eigenvalue weighted by atomic mass is 32.2. The number of sulfonamides is 1. The molecule has 1 heterocycles. The second-order valence-electron chi connectivity index (χ2n) is 4.28. The predicted octanol–water partition coefficient (Wildman–Crippen LogP) is -0.166. The molecule has 3 N–H and O–H groups in total. The van der Waals surface area contributed by atoms with Gasteiger partial charge in [0.1, 0.15) is 4.90 Å². The molecule has 0 aliphatic carbocycles. The Bertz CT molecular complexity index is 618. The molecule has 1 aromatic rings. The summed E-state index contributed by atoms with van der Waals surface area (Å²) in [4.78, 5) is -0.0479. The zero-order chi connectivity index (χ0) is 14.6. The number of nitrogens with one attached hydrogen (secondary N) is 1. The highest BCUT2D eigenvalue weighted by molar-refractivity contribution is 7.89. The highest BCUT2D eigenvalue weighted by Gasteiger charge is 2.21. The summed E-state index contributed by atoms with van der Waals surface area (Å²) in [6.07, 6.45) is -0.307. The molecule has 8 heteroatoms. The Labute approximate surface area is 117 Å². The average molecular weight is 297 g/mol. The average Bonchev–Trinajstić information content (AvgIpc) is 2.46. The van der Waals surface area contributed by atoms with Crippen LogP contribution in [0.4, 0.5) is 5.69 Å². The zero-order valence-electron chi connectivity index (χ0n) is 10.7. The number of nitrogens with two attached hydrogens (primary N) is 1. The number of anilines is 1. The first-order valence-corrected chi connectivity index (χ1v) is 7.50. The van der Waals surface area contributed by atoms with Gasteiger partial charge in [0.15, 0.2) is 0 Å². The van der Waals surface area contributed by atoms with Gasteiger partial charge in [0, 0.05) is 6.54 Å². The summed E-state index contributed by atoms with van der Waals surface area (Å²) in [5.41, 5.74) is 6.02. The molecule has 0 radical (unpaired) electrons. The Morgan fingerprint density at radius 2 is 2.25 bits per heavy atom. The molecule has 1 aromatic carbocycles. The van der Waals surface area contributed by atoms with Gasteiger partial charge in [-0.1, -0.05) is 0 Å². The van der Waals surface area contributed by atoms with Crippen molar-refractivity contribution in [2.24, 2.45) is 0 Å². The molecule has 0 saturated carbocycles. The molecular weight excluding hydrogens is 282 g/mol. The molecule has 108 valence electrons. The Hall–Kier alpha value is -1.66. The standard InChI is InChI=1S/C12H15N3O4S/c13-6-9-1-2-12(11(14)5-9)20(16,17)15-7-10-8-18-3-4-19-10/h1-2,5,10,15H,3-4,7-8,14H2. The SMILES string of the molecule is N#Cc1ccc(S(=O)(=O)NCC2COCCO2)c(N)c1. The molecular formula is C12H15N3O4S. The fourth-order valence-corrected chi connectivity index (χ4v) is 2.97. The summed E-state index contributed by atoms with van der Waals surface area (Å²) < 4.78 is 37.2. The molecule has 1 aliphatic rings.